The van der Waals surface area contributed by atoms with Crippen LogP contribution in [0.25, 0.3) is 0 Å². The lowest BCUT2D eigenvalue weighted by atomic mass is 10.1. The summed E-state index contributed by atoms with van der Waals surface area (Å²) >= 11 is 0. The van der Waals surface area contributed by atoms with Crippen LogP contribution in [0.4, 0.5) is 0 Å². The predicted molar refractivity (Wildman–Crippen MR) is 48.8 cm³/mol. The number of aliphatic hydroxyl groups is 2. The number of aliphatic hydroxyl groups excluding tert-OH is 2. The van der Waals surface area contributed by atoms with Gasteiger partial charge in [-0.15, -0.1) is 0 Å². The van der Waals surface area contributed by atoms with Crippen LogP contribution >= 0.6 is 0 Å². The Morgan fingerprint density at radius 3 is 2.36 bits per heavy atom. The number of carbonyl (C=O) groups is 2. The minimum absolute atomic E-state index is 0.0417. The summed E-state index contributed by atoms with van der Waals surface area (Å²) < 4.78 is 0. The summed E-state index contributed by atoms with van der Waals surface area (Å²) in [5.74, 6) is -1.44. The topological polar surface area (TPSA) is 104 Å². The van der Waals surface area contributed by atoms with Crippen molar-refractivity contribution in [1.82, 2.24) is 4.90 Å². The molecular formula is C8H15N2O4. The van der Waals surface area contributed by atoms with Crippen LogP contribution in [-0.4, -0.2) is 53.2 Å². The van der Waals surface area contributed by atoms with E-state index in [0.29, 0.717) is 0 Å². The summed E-state index contributed by atoms with van der Waals surface area (Å²) in [6, 6.07) is 0. The number of carbonyl (C=O) groups excluding carboxylic acids is 2. The van der Waals surface area contributed by atoms with Crippen molar-refractivity contribution < 1.29 is 19.8 Å². The Hall–Kier alpha value is -1.14. The van der Waals surface area contributed by atoms with Crippen molar-refractivity contribution >= 4 is 11.8 Å². The quantitative estimate of drug-likeness (QED) is 0.444. The summed E-state index contributed by atoms with van der Waals surface area (Å²) in [7, 11) is 1.41. The maximum atomic E-state index is 11.3. The highest BCUT2D eigenvalue weighted by molar-refractivity contribution is 6.13. The Bertz CT molecular complexity index is 219. The molecular weight excluding hydrogens is 188 g/mol. The molecule has 1 atom stereocenters. The maximum absolute atomic E-state index is 11.3. The standard InChI is InChI=1S/C8H15N2O4/c1-5(7(9)13)8(14)10(2)3-6(12)4-11/h6,11-12H,3-4H2,1-2H3,(H2,9,13). The zero-order valence-corrected chi connectivity index (χ0v) is 8.23. The van der Waals surface area contributed by atoms with Gasteiger partial charge < -0.3 is 20.8 Å². The van der Waals surface area contributed by atoms with Crippen molar-refractivity contribution in [2.45, 2.75) is 13.0 Å². The summed E-state index contributed by atoms with van der Waals surface area (Å²) in [6.45, 7) is 0.833. The van der Waals surface area contributed by atoms with Crippen LogP contribution in [0.2, 0.25) is 0 Å². The molecule has 14 heavy (non-hydrogen) atoms. The van der Waals surface area contributed by atoms with Gasteiger partial charge in [0.25, 0.3) is 0 Å². The summed E-state index contributed by atoms with van der Waals surface area (Å²) in [6.07, 6.45) is -1.01. The van der Waals surface area contributed by atoms with E-state index < -0.39 is 24.5 Å². The van der Waals surface area contributed by atoms with E-state index in [0.717, 1.165) is 4.90 Å². The lowest BCUT2D eigenvalue weighted by Crippen LogP contribution is -2.41. The van der Waals surface area contributed by atoms with Crippen LogP contribution in [0, 0.1) is 5.92 Å². The van der Waals surface area contributed by atoms with Crippen molar-refractivity contribution in [1.29, 1.82) is 0 Å². The summed E-state index contributed by atoms with van der Waals surface area (Å²) in [5.41, 5.74) is 4.90. The number of amides is 2. The number of nitrogens with zero attached hydrogens (tertiary/aromatic N) is 1. The molecule has 0 bridgehead atoms. The fourth-order valence-corrected chi connectivity index (χ4v) is 0.848. The molecule has 81 valence electrons. The molecule has 0 heterocycles. The summed E-state index contributed by atoms with van der Waals surface area (Å²) in [5, 5.41) is 17.6. The van der Waals surface area contributed by atoms with E-state index in [2.05, 4.69) is 0 Å². The number of hydrogen-bond donors (Lipinski definition) is 3. The molecule has 0 saturated carbocycles. The number of likely N-dealkylation sites (N-methyl/N-ethyl adjacent to an activating group) is 1. The van der Waals surface area contributed by atoms with E-state index in [1.807, 2.05) is 0 Å². The van der Waals surface area contributed by atoms with Gasteiger partial charge in [0.2, 0.25) is 11.8 Å². The third-order valence-corrected chi connectivity index (χ3v) is 1.73. The number of hydrogen-bond acceptors (Lipinski definition) is 4. The van der Waals surface area contributed by atoms with E-state index in [4.69, 9.17) is 15.9 Å². The zero-order chi connectivity index (χ0) is 11.3. The van der Waals surface area contributed by atoms with Crippen LogP contribution in [-0.2, 0) is 9.59 Å². The van der Waals surface area contributed by atoms with Gasteiger partial charge in [-0.25, -0.2) is 0 Å². The number of primary amides is 1. The molecule has 0 fully saturated rings. The first-order valence-electron chi connectivity index (χ1n) is 4.07. The Kier molecular flexibility index (Phi) is 5.11. The van der Waals surface area contributed by atoms with Gasteiger partial charge in [-0.05, 0) is 6.92 Å². The van der Waals surface area contributed by atoms with Gasteiger partial charge in [-0.1, -0.05) is 0 Å². The van der Waals surface area contributed by atoms with Gasteiger partial charge in [0, 0.05) is 13.6 Å². The molecule has 0 aromatic carbocycles. The van der Waals surface area contributed by atoms with Crippen molar-refractivity contribution in [3.8, 4) is 0 Å². The summed E-state index contributed by atoms with van der Waals surface area (Å²) in [4.78, 5) is 23.1. The fourth-order valence-electron chi connectivity index (χ4n) is 0.848. The van der Waals surface area contributed by atoms with Crippen LogP contribution < -0.4 is 5.73 Å². The van der Waals surface area contributed by atoms with Crippen molar-refractivity contribution in [3.63, 3.8) is 0 Å². The van der Waals surface area contributed by atoms with E-state index in [-0.39, 0.29) is 12.5 Å². The van der Waals surface area contributed by atoms with Crippen LogP contribution in [0.5, 0.6) is 0 Å². The maximum Gasteiger partial charge on any atom is 0.239 e. The van der Waals surface area contributed by atoms with Gasteiger partial charge in [0.1, 0.15) is 5.92 Å². The molecule has 0 rings (SSSR count). The molecule has 2 amide bonds. The highest BCUT2D eigenvalue weighted by atomic mass is 16.3. The van der Waals surface area contributed by atoms with Crippen molar-refractivity contribution in [2.24, 2.45) is 5.73 Å². The monoisotopic (exact) mass is 203 g/mol. The molecule has 0 aromatic heterocycles. The third kappa shape index (κ3) is 3.71. The average molecular weight is 203 g/mol. The lowest BCUT2D eigenvalue weighted by molar-refractivity contribution is -0.132. The SMILES string of the molecule is C[C](C(N)=O)C(=O)N(C)CC(O)CO. The normalized spacial score (nSPS) is 12.6. The second-order valence-corrected chi connectivity index (χ2v) is 3.01. The highest BCUT2D eigenvalue weighted by Gasteiger charge is 2.24. The van der Waals surface area contributed by atoms with E-state index >= 15 is 0 Å². The Balaban J connectivity index is 4.18. The smallest absolute Gasteiger partial charge is 0.239 e. The molecule has 1 radical (unpaired) electrons. The second kappa shape index (κ2) is 5.56. The molecule has 4 N–H and O–H groups in total. The molecule has 1 unspecified atom stereocenters. The fraction of sp³-hybridized carbons (Fsp3) is 0.625. The number of rotatable bonds is 5. The minimum atomic E-state index is -1.01. The Labute approximate surface area is 82.3 Å². The Morgan fingerprint density at radius 2 is 2.00 bits per heavy atom. The molecule has 0 aliphatic rings. The Morgan fingerprint density at radius 1 is 1.50 bits per heavy atom. The van der Waals surface area contributed by atoms with Gasteiger partial charge in [-0.3, -0.25) is 9.59 Å². The van der Waals surface area contributed by atoms with Gasteiger partial charge in [-0.2, -0.15) is 0 Å². The molecule has 0 aliphatic heterocycles. The van der Waals surface area contributed by atoms with E-state index in [1.54, 1.807) is 0 Å². The average Bonchev–Trinajstić information content (AvgIpc) is 2.14. The van der Waals surface area contributed by atoms with Crippen LogP contribution in [0.15, 0.2) is 0 Å². The van der Waals surface area contributed by atoms with Crippen LogP contribution in [0.1, 0.15) is 6.92 Å². The first-order valence-corrected chi connectivity index (χ1v) is 4.07. The second-order valence-electron chi connectivity index (χ2n) is 3.01. The minimum Gasteiger partial charge on any atom is -0.394 e. The van der Waals surface area contributed by atoms with Gasteiger partial charge in [0.05, 0.1) is 12.7 Å². The molecule has 0 spiro atoms. The van der Waals surface area contributed by atoms with Crippen molar-refractivity contribution in [3.05, 3.63) is 5.92 Å². The third-order valence-electron chi connectivity index (χ3n) is 1.73. The molecule has 6 nitrogen and oxygen atoms in total. The zero-order valence-electron chi connectivity index (χ0n) is 8.23. The molecule has 0 saturated heterocycles. The molecule has 0 aliphatic carbocycles. The highest BCUT2D eigenvalue weighted by Crippen LogP contribution is 2.02. The first-order chi connectivity index (χ1) is 6.40. The number of nitrogens with two attached hydrogens (primary N) is 1. The lowest BCUT2D eigenvalue weighted by Gasteiger charge is -2.21. The van der Waals surface area contributed by atoms with E-state index in [1.165, 1.54) is 14.0 Å². The first kappa shape index (κ1) is 12.9. The van der Waals surface area contributed by atoms with Crippen LogP contribution in [0.3, 0.4) is 0 Å². The van der Waals surface area contributed by atoms with Gasteiger partial charge >= 0.3 is 0 Å². The predicted octanol–water partition coefficient (Wildman–Crippen LogP) is -2.12. The van der Waals surface area contributed by atoms with Gasteiger partial charge in [0.15, 0.2) is 0 Å². The molecule has 6 heteroatoms. The largest absolute Gasteiger partial charge is 0.394 e. The van der Waals surface area contributed by atoms with Crippen molar-refractivity contribution in [2.75, 3.05) is 20.2 Å². The molecule has 0 aromatic rings. The van der Waals surface area contributed by atoms with E-state index in [9.17, 15) is 9.59 Å².